The molecule has 1 aromatic rings. The zero-order valence-electron chi connectivity index (χ0n) is 12.8. The van der Waals surface area contributed by atoms with Crippen LogP contribution in [0.1, 0.15) is 13.3 Å². The van der Waals surface area contributed by atoms with Gasteiger partial charge in [0.05, 0.1) is 14.2 Å². The molecule has 1 aliphatic rings. The summed E-state index contributed by atoms with van der Waals surface area (Å²) in [6, 6.07) is 2.93. The van der Waals surface area contributed by atoms with Gasteiger partial charge >= 0.3 is 0 Å². The van der Waals surface area contributed by atoms with Gasteiger partial charge < -0.3 is 14.8 Å². The molecule has 124 valence electrons. The number of hydrogen-bond acceptors (Lipinski definition) is 5. The minimum atomic E-state index is -3.65. The largest absolute Gasteiger partial charge is 0.493 e. The normalized spacial score (nSPS) is 22.4. The van der Waals surface area contributed by atoms with Crippen LogP contribution in [0.3, 0.4) is 0 Å². The van der Waals surface area contributed by atoms with Crippen molar-refractivity contribution < 1.29 is 17.9 Å². The van der Waals surface area contributed by atoms with Gasteiger partial charge in [-0.1, -0.05) is 6.92 Å². The minimum Gasteiger partial charge on any atom is -0.493 e. The quantitative estimate of drug-likeness (QED) is 0.797. The lowest BCUT2D eigenvalue weighted by atomic mass is 9.96. The minimum absolute atomic E-state index is 0.126. The Morgan fingerprint density at radius 1 is 1.27 bits per heavy atom. The summed E-state index contributed by atoms with van der Waals surface area (Å²) in [4.78, 5) is 0.142. The van der Waals surface area contributed by atoms with E-state index in [1.54, 1.807) is 6.07 Å². The van der Waals surface area contributed by atoms with Gasteiger partial charge in [0.25, 0.3) is 0 Å². The van der Waals surface area contributed by atoms with Crippen molar-refractivity contribution in [2.24, 2.45) is 5.92 Å². The Balaban J connectivity index is 2.32. The number of sulfonamides is 1. The topological polar surface area (TPSA) is 76.7 Å². The Labute approximate surface area is 139 Å². The molecule has 2 atom stereocenters. The van der Waals surface area contributed by atoms with Crippen molar-refractivity contribution in [1.29, 1.82) is 0 Å². The summed E-state index contributed by atoms with van der Waals surface area (Å²) < 4.78 is 38.9. The highest BCUT2D eigenvalue weighted by Gasteiger charge is 2.28. The predicted octanol–water partition coefficient (Wildman–Crippen LogP) is 1.74. The van der Waals surface area contributed by atoms with E-state index in [-0.39, 0.29) is 16.9 Å². The lowest BCUT2D eigenvalue weighted by molar-refractivity contribution is 0.327. The smallest absolute Gasteiger partial charge is 0.242 e. The van der Waals surface area contributed by atoms with Crippen molar-refractivity contribution in [3.8, 4) is 11.5 Å². The monoisotopic (exact) mass is 392 g/mol. The van der Waals surface area contributed by atoms with Crippen molar-refractivity contribution in [3.63, 3.8) is 0 Å². The number of benzene rings is 1. The van der Waals surface area contributed by atoms with E-state index in [1.165, 1.54) is 20.3 Å². The Morgan fingerprint density at radius 3 is 2.50 bits per heavy atom. The fourth-order valence-electron chi connectivity index (χ4n) is 2.45. The van der Waals surface area contributed by atoms with Gasteiger partial charge in [-0.2, -0.15) is 0 Å². The Hall–Kier alpha value is -0.830. The summed E-state index contributed by atoms with van der Waals surface area (Å²) in [5.41, 5.74) is 0. The molecule has 2 N–H and O–H groups in total. The average Bonchev–Trinajstić information content (AvgIpc) is 2.48. The van der Waals surface area contributed by atoms with E-state index in [4.69, 9.17) is 9.47 Å². The van der Waals surface area contributed by atoms with Gasteiger partial charge in [0.1, 0.15) is 4.90 Å². The highest BCUT2D eigenvalue weighted by atomic mass is 79.9. The van der Waals surface area contributed by atoms with Crippen LogP contribution in [0.15, 0.2) is 21.5 Å². The van der Waals surface area contributed by atoms with Crippen LogP contribution in [0.4, 0.5) is 0 Å². The van der Waals surface area contributed by atoms with Gasteiger partial charge in [0.2, 0.25) is 10.0 Å². The van der Waals surface area contributed by atoms with Crippen molar-refractivity contribution >= 4 is 26.0 Å². The SMILES string of the molecule is COc1cc(Br)c(S(=O)(=O)NC2CNCCC2C)cc1OC. The van der Waals surface area contributed by atoms with Crippen molar-refractivity contribution in [1.82, 2.24) is 10.0 Å². The molecule has 0 amide bonds. The zero-order valence-corrected chi connectivity index (χ0v) is 15.3. The molecule has 8 heteroatoms. The van der Waals surface area contributed by atoms with Crippen LogP contribution in [0, 0.1) is 5.92 Å². The Bertz CT molecular complexity index is 636. The summed E-state index contributed by atoms with van der Waals surface area (Å²) in [5, 5.41) is 3.21. The van der Waals surface area contributed by atoms with Gasteiger partial charge in [-0.25, -0.2) is 13.1 Å². The first kappa shape index (κ1) is 17.5. The van der Waals surface area contributed by atoms with E-state index in [2.05, 4.69) is 32.9 Å². The number of methoxy groups -OCH3 is 2. The standard InChI is InChI=1S/C14H21BrN2O4S/c1-9-4-5-16-8-11(9)17-22(18,19)14-7-13(21-3)12(20-2)6-10(14)15/h6-7,9,11,16-17H,4-5,8H2,1-3H3. The molecule has 2 unspecified atom stereocenters. The first-order chi connectivity index (χ1) is 10.4. The molecule has 0 saturated carbocycles. The van der Waals surface area contributed by atoms with E-state index in [0.29, 0.717) is 22.5 Å². The molecule has 1 aliphatic heterocycles. The van der Waals surface area contributed by atoms with Crippen molar-refractivity contribution in [2.45, 2.75) is 24.3 Å². The second-order valence-corrected chi connectivity index (χ2v) is 7.87. The van der Waals surface area contributed by atoms with Gasteiger partial charge in [0, 0.05) is 23.1 Å². The molecule has 0 aliphatic carbocycles. The second kappa shape index (κ2) is 7.16. The van der Waals surface area contributed by atoms with Crippen LogP contribution in [0.5, 0.6) is 11.5 Å². The van der Waals surface area contributed by atoms with Crippen LogP contribution in [-0.2, 0) is 10.0 Å². The van der Waals surface area contributed by atoms with Gasteiger partial charge in [0.15, 0.2) is 11.5 Å². The van der Waals surface area contributed by atoms with Gasteiger partial charge in [-0.05, 0) is 40.9 Å². The zero-order chi connectivity index (χ0) is 16.3. The molecular formula is C14H21BrN2O4S. The van der Waals surface area contributed by atoms with Crippen LogP contribution in [0.2, 0.25) is 0 Å². The van der Waals surface area contributed by atoms with Gasteiger partial charge in [-0.15, -0.1) is 0 Å². The van der Waals surface area contributed by atoms with Crippen LogP contribution in [-0.4, -0.2) is 41.8 Å². The average molecular weight is 393 g/mol. The van der Waals surface area contributed by atoms with E-state index in [0.717, 1.165) is 13.0 Å². The number of nitrogens with one attached hydrogen (secondary N) is 2. The molecule has 1 fully saturated rings. The fraction of sp³-hybridized carbons (Fsp3) is 0.571. The van der Waals surface area contributed by atoms with Gasteiger partial charge in [-0.3, -0.25) is 0 Å². The maximum atomic E-state index is 12.7. The molecule has 6 nitrogen and oxygen atoms in total. The lowest BCUT2D eigenvalue weighted by Gasteiger charge is -2.30. The summed E-state index contributed by atoms with van der Waals surface area (Å²) in [5.74, 6) is 1.14. The molecule has 2 rings (SSSR count). The molecule has 22 heavy (non-hydrogen) atoms. The molecule has 1 heterocycles. The van der Waals surface area contributed by atoms with Crippen LogP contribution in [0.25, 0.3) is 0 Å². The third-order valence-electron chi connectivity index (χ3n) is 3.86. The predicted molar refractivity (Wildman–Crippen MR) is 88.0 cm³/mol. The summed E-state index contributed by atoms with van der Waals surface area (Å²) in [7, 11) is -0.673. The first-order valence-corrected chi connectivity index (χ1v) is 9.31. The van der Waals surface area contributed by atoms with Crippen LogP contribution < -0.4 is 19.5 Å². The lowest BCUT2D eigenvalue weighted by Crippen LogP contribution is -2.50. The molecular weight excluding hydrogens is 372 g/mol. The molecule has 1 aromatic carbocycles. The number of halogens is 1. The van der Waals surface area contributed by atoms with E-state index >= 15 is 0 Å². The number of ether oxygens (including phenoxy) is 2. The number of piperidine rings is 1. The van der Waals surface area contributed by atoms with Crippen LogP contribution >= 0.6 is 15.9 Å². The van der Waals surface area contributed by atoms with E-state index < -0.39 is 10.0 Å². The molecule has 0 radical (unpaired) electrons. The number of rotatable bonds is 5. The molecule has 0 spiro atoms. The summed E-state index contributed by atoms with van der Waals surface area (Å²) in [6.45, 7) is 3.60. The highest BCUT2D eigenvalue weighted by Crippen LogP contribution is 2.35. The Morgan fingerprint density at radius 2 is 1.91 bits per heavy atom. The third kappa shape index (κ3) is 3.73. The van der Waals surface area contributed by atoms with Crippen molar-refractivity contribution in [2.75, 3.05) is 27.3 Å². The Kier molecular flexibility index (Phi) is 5.70. The maximum absolute atomic E-state index is 12.7. The highest BCUT2D eigenvalue weighted by molar-refractivity contribution is 9.10. The van der Waals surface area contributed by atoms with E-state index in [9.17, 15) is 8.42 Å². The van der Waals surface area contributed by atoms with E-state index in [1.807, 2.05) is 0 Å². The third-order valence-corrected chi connectivity index (χ3v) is 6.31. The molecule has 0 aromatic heterocycles. The maximum Gasteiger partial charge on any atom is 0.242 e. The fourth-order valence-corrected chi connectivity index (χ4v) is 4.83. The summed E-state index contributed by atoms with van der Waals surface area (Å²) in [6.07, 6.45) is 0.945. The van der Waals surface area contributed by atoms with Crippen molar-refractivity contribution in [3.05, 3.63) is 16.6 Å². The number of hydrogen-bond donors (Lipinski definition) is 2. The molecule has 1 saturated heterocycles. The summed E-state index contributed by atoms with van der Waals surface area (Å²) >= 11 is 3.30. The first-order valence-electron chi connectivity index (χ1n) is 7.03. The molecule has 0 bridgehead atoms. The second-order valence-electron chi connectivity index (χ2n) is 5.34.